The second kappa shape index (κ2) is 10.6. The summed E-state index contributed by atoms with van der Waals surface area (Å²) >= 11 is 0. The molecular weight excluding hydrogens is 270 g/mol. The molecule has 1 fully saturated rings. The molecule has 21 heavy (non-hydrogen) atoms. The third-order valence-corrected chi connectivity index (χ3v) is 4.00. The van der Waals surface area contributed by atoms with Gasteiger partial charge in [-0.2, -0.15) is 0 Å². The second-order valence-electron chi connectivity index (χ2n) is 5.54. The maximum Gasteiger partial charge on any atom is 0.307 e. The van der Waals surface area contributed by atoms with Crippen LogP contribution < -0.4 is 0 Å². The summed E-state index contributed by atoms with van der Waals surface area (Å²) in [5.74, 6) is 0.0832. The Bertz CT molecular complexity index is 313. The number of carbonyl (C=O) groups is 2. The first kappa shape index (κ1) is 18.0. The van der Waals surface area contributed by atoms with Gasteiger partial charge in [0.1, 0.15) is 0 Å². The molecule has 1 saturated carbocycles. The smallest absolute Gasteiger partial charge is 0.307 e. The lowest BCUT2D eigenvalue weighted by Gasteiger charge is -2.29. The second-order valence-corrected chi connectivity index (χ2v) is 5.54. The Kier molecular flexibility index (Phi) is 9.06. The zero-order valence-electron chi connectivity index (χ0n) is 13.4. The summed E-state index contributed by atoms with van der Waals surface area (Å²) < 4.78 is 9.99. The van der Waals surface area contributed by atoms with Gasteiger partial charge in [0.25, 0.3) is 0 Å². The molecule has 0 aromatic carbocycles. The van der Waals surface area contributed by atoms with E-state index in [0.717, 1.165) is 32.1 Å². The molecule has 0 bridgehead atoms. The van der Waals surface area contributed by atoms with Gasteiger partial charge in [-0.15, -0.1) is 0 Å². The SMILES string of the molecule is CCOCCCN(CCC(=O)OC)C(=O)C1CCCCC1. The fraction of sp³-hybridized carbons (Fsp3) is 0.875. The molecule has 0 aromatic heterocycles. The molecule has 0 aliphatic heterocycles. The molecule has 0 unspecified atom stereocenters. The minimum Gasteiger partial charge on any atom is -0.469 e. The van der Waals surface area contributed by atoms with E-state index in [1.807, 2.05) is 11.8 Å². The van der Waals surface area contributed by atoms with Crippen molar-refractivity contribution >= 4 is 11.9 Å². The Morgan fingerprint density at radius 2 is 1.86 bits per heavy atom. The summed E-state index contributed by atoms with van der Waals surface area (Å²) in [5.41, 5.74) is 0. The molecule has 0 aromatic rings. The molecule has 0 spiro atoms. The van der Waals surface area contributed by atoms with Gasteiger partial charge in [0.05, 0.1) is 13.5 Å². The Morgan fingerprint density at radius 3 is 2.48 bits per heavy atom. The van der Waals surface area contributed by atoms with Crippen LogP contribution in [0.4, 0.5) is 0 Å². The summed E-state index contributed by atoms with van der Waals surface area (Å²) in [5, 5.41) is 0. The molecule has 1 aliphatic rings. The van der Waals surface area contributed by atoms with Gasteiger partial charge >= 0.3 is 5.97 Å². The first-order chi connectivity index (χ1) is 10.2. The quantitative estimate of drug-likeness (QED) is 0.484. The molecule has 0 saturated heterocycles. The van der Waals surface area contributed by atoms with Crippen molar-refractivity contribution in [1.29, 1.82) is 0 Å². The van der Waals surface area contributed by atoms with Gasteiger partial charge in [0.15, 0.2) is 0 Å². The van der Waals surface area contributed by atoms with Crippen LogP contribution in [0.15, 0.2) is 0 Å². The molecular formula is C16H29NO4. The molecule has 1 rings (SSSR count). The minimum absolute atomic E-state index is 0.142. The molecule has 0 radical (unpaired) electrons. The summed E-state index contributed by atoms with van der Waals surface area (Å²) in [6, 6.07) is 0. The van der Waals surface area contributed by atoms with Gasteiger partial charge < -0.3 is 14.4 Å². The van der Waals surface area contributed by atoms with Crippen LogP contribution in [0.3, 0.4) is 0 Å². The van der Waals surface area contributed by atoms with Crippen LogP contribution in [-0.2, 0) is 19.1 Å². The van der Waals surface area contributed by atoms with Gasteiger partial charge in [-0.25, -0.2) is 0 Å². The fourth-order valence-corrected chi connectivity index (χ4v) is 2.77. The lowest BCUT2D eigenvalue weighted by atomic mass is 9.88. The molecule has 5 nitrogen and oxygen atoms in total. The highest BCUT2D eigenvalue weighted by Gasteiger charge is 2.26. The van der Waals surface area contributed by atoms with Crippen LogP contribution in [-0.4, -0.2) is 50.2 Å². The third kappa shape index (κ3) is 6.93. The summed E-state index contributed by atoms with van der Waals surface area (Å²) in [6.45, 7) is 4.42. The van der Waals surface area contributed by atoms with E-state index >= 15 is 0 Å². The average molecular weight is 299 g/mol. The Hall–Kier alpha value is -1.10. The first-order valence-electron chi connectivity index (χ1n) is 8.12. The number of carbonyl (C=O) groups excluding carboxylic acids is 2. The summed E-state index contributed by atoms with van der Waals surface area (Å²) in [7, 11) is 1.38. The van der Waals surface area contributed by atoms with Crippen molar-refractivity contribution in [2.45, 2.75) is 51.9 Å². The highest BCUT2D eigenvalue weighted by molar-refractivity contribution is 5.79. The number of amides is 1. The standard InChI is InChI=1S/C16H29NO4/c1-3-21-13-7-11-17(12-10-15(18)20-2)16(19)14-8-5-4-6-9-14/h14H,3-13H2,1-2H3. The molecule has 0 N–H and O–H groups in total. The average Bonchev–Trinajstić information content (AvgIpc) is 2.54. The number of hydrogen-bond acceptors (Lipinski definition) is 4. The number of methoxy groups -OCH3 is 1. The molecule has 1 amide bonds. The van der Waals surface area contributed by atoms with E-state index in [9.17, 15) is 9.59 Å². The van der Waals surface area contributed by atoms with Crippen LogP contribution >= 0.6 is 0 Å². The largest absolute Gasteiger partial charge is 0.469 e. The normalized spacial score (nSPS) is 15.7. The van der Waals surface area contributed by atoms with Gasteiger partial charge in [-0.1, -0.05) is 19.3 Å². The molecule has 5 heteroatoms. The number of nitrogens with zero attached hydrogens (tertiary/aromatic N) is 1. The van der Waals surface area contributed by atoms with Gasteiger partial charge in [-0.3, -0.25) is 9.59 Å². The van der Waals surface area contributed by atoms with Crippen molar-refractivity contribution in [3.63, 3.8) is 0 Å². The minimum atomic E-state index is -0.263. The van der Waals surface area contributed by atoms with E-state index in [4.69, 9.17) is 4.74 Å². The lowest BCUT2D eigenvalue weighted by Crippen LogP contribution is -2.39. The van der Waals surface area contributed by atoms with Crippen LogP contribution in [0, 0.1) is 5.92 Å². The molecule has 1 aliphatic carbocycles. The van der Waals surface area contributed by atoms with Gasteiger partial charge in [0.2, 0.25) is 5.91 Å². The predicted molar refractivity (Wildman–Crippen MR) is 80.9 cm³/mol. The maximum atomic E-state index is 12.6. The van der Waals surface area contributed by atoms with Crippen molar-refractivity contribution in [2.24, 2.45) is 5.92 Å². The van der Waals surface area contributed by atoms with Crippen molar-refractivity contribution in [3.8, 4) is 0 Å². The van der Waals surface area contributed by atoms with E-state index in [1.165, 1.54) is 13.5 Å². The third-order valence-electron chi connectivity index (χ3n) is 4.00. The monoisotopic (exact) mass is 299 g/mol. The van der Waals surface area contributed by atoms with Crippen LogP contribution in [0.25, 0.3) is 0 Å². The Balaban J connectivity index is 2.47. The van der Waals surface area contributed by atoms with Crippen molar-refractivity contribution in [1.82, 2.24) is 4.90 Å². The van der Waals surface area contributed by atoms with Gasteiger partial charge in [-0.05, 0) is 26.2 Å². The molecule has 122 valence electrons. The van der Waals surface area contributed by atoms with E-state index in [0.29, 0.717) is 26.3 Å². The first-order valence-corrected chi connectivity index (χ1v) is 8.12. The van der Waals surface area contributed by atoms with Crippen molar-refractivity contribution in [3.05, 3.63) is 0 Å². The zero-order chi connectivity index (χ0) is 15.5. The van der Waals surface area contributed by atoms with E-state index in [1.54, 1.807) is 0 Å². The van der Waals surface area contributed by atoms with E-state index in [-0.39, 0.29) is 24.2 Å². The predicted octanol–water partition coefficient (Wildman–Crippen LogP) is 2.38. The zero-order valence-corrected chi connectivity index (χ0v) is 13.4. The number of rotatable bonds is 9. The van der Waals surface area contributed by atoms with E-state index in [2.05, 4.69) is 4.74 Å². The topological polar surface area (TPSA) is 55.8 Å². The number of ether oxygens (including phenoxy) is 2. The van der Waals surface area contributed by atoms with Crippen LogP contribution in [0.2, 0.25) is 0 Å². The Morgan fingerprint density at radius 1 is 1.14 bits per heavy atom. The van der Waals surface area contributed by atoms with Crippen molar-refractivity contribution < 1.29 is 19.1 Å². The number of esters is 1. The summed E-state index contributed by atoms with van der Waals surface area (Å²) in [4.78, 5) is 25.7. The van der Waals surface area contributed by atoms with E-state index < -0.39 is 0 Å². The fourth-order valence-electron chi connectivity index (χ4n) is 2.77. The van der Waals surface area contributed by atoms with Crippen LogP contribution in [0.1, 0.15) is 51.9 Å². The summed E-state index contributed by atoms with van der Waals surface area (Å²) in [6.07, 6.45) is 6.56. The maximum absolute atomic E-state index is 12.6. The lowest BCUT2D eigenvalue weighted by molar-refractivity contribution is -0.142. The molecule has 0 heterocycles. The molecule has 0 atom stereocenters. The Labute approximate surface area is 128 Å². The highest BCUT2D eigenvalue weighted by Crippen LogP contribution is 2.25. The van der Waals surface area contributed by atoms with Crippen LogP contribution in [0.5, 0.6) is 0 Å². The highest BCUT2D eigenvalue weighted by atomic mass is 16.5. The number of hydrogen-bond donors (Lipinski definition) is 0. The van der Waals surface area contributed by atoms with Gasteiger partial charge in [0, 0.05) is 32.2 Å². The van der Waals surface area contributed by atoms with Crippen molar-refractivity contribution in [2.75, 3.05) is 33.4 Å².